The number of aromatic nitrogens is 2. The molecule has 0 unspecified atom stereocenters. The highest BCUT2D eigenvalue weighted by Gasteiger charge is 2.29. The summed E-state index contributed by atoms with van der Waals surface area (Å²) >= 11 is 0. The van der Waals surface area contributed by atoms with Crippen LogP contribution >= 0.6 is 0 Å². The van der Waals surface area contributed by atoms with Crippen molar-refractivity contribution in [3.05, 3.63) is 41.5 Å². The fourth-order valence-electron chi connectivity index (χ4n) is 2.91. The molecule has 1 aromatic carbocycles. The maximum atomic E-state index is 12.9. The molecule has 1 aliphatic rings. The van der Waals surface area contributed by atoms with E-state index in [0.717, 1.165) is 0 Å². The number of nitrogens with zero attached hydrogens (tertiary/aromatic N) is 4. The monoisotopic (exact) mass is 392 g/mol. The molecule has 1 saturated heterocycles. The molecule has 1 fully saturated rings. The lowest BCUT2D eigenvalue weighted by atomic mass is 10.2. The first-order valence-corrected chi connectivity index (χ1v) is 10.4. The van der Waals surface area contributed by atoms with Gasteiger partial charge in [0.15, 0.2) is 11.6 Å². The lowest BCUT2D eigenvalue weighted by Crippen LogP contribution is -2.48. The molecule has 3 rings (SSSR count). The highest BCUT2D eigenvalue weighted by molar-refractivity contribution is 7.89. The summed E-state index contributed by atoms with van der Waals surface area (Å²) in [6.45, 7) is 7.82. The average Bonchev–Trinajstić information content (AvgIpc) is 3.11. The first kappa shape index (κ1) is 19.7. The molecule has 0 N–H and O–H groups in total. The van der Waals surface area contributed by atoms with Gasteiger partial charge in [-0.1, -0.05) is 31.1 Å². The van der Waals surface area contributed by atoms with Crippen LogP contribution in [0.25, 0.3) is 0 Å². The molecule has 27 heavy (non-hydrogen) atoms. The molecule has 1 aromatic heterocycles. The summed E-state index contributed by atoms with van der Waals surface area (Å²) in [5.41, 5.74) is 0.395. The van der Waals surface area contributed by atoms with Crippen molar-refractivity contribution >= 4 is 15.8 Å². The lowest BCUT2D eigenvalue weighted by molar-refractivity contribution is 0.101. The van der Waals surface area contributed by atoms with Crippen molar-refractivity contribution in [3.8, 4) is 0 Å². The minimum absolute atomic E-state index is 0.155. The van der Waals surface area contributed by atoms with Gasteiger partial charge in [-0.25, -0.2) is 8.42 Å². The number of rotatable bonds is 6. The van der Waals surface area contributed by atoms with Crippen LogP contribution in [0.2, 0.25) is 0 Å². The number of hydrogen-bond donors (Lipinski definition) is 0. The molecule has 0 amide bonds. The number of carbonyl (C=O) groups is 1. The minimum Gasteiger partial charge on any atom is -0.338 e. The Bertz CT molecular complexity index is 915. The third kappa shape index (κ3) is 4.42. The summed E-state index contributed by atoms with van der Waals surface area (Å²) in [6, 6.07) is 6.19. The van der Waals surface area contributed by atoms with Gasteiger partial charge in [-0.2, -0.15) is 9.29 Å². The summed E-state index contributed by atoms with van der Waals surface area (Å²) in [5.74, 6) is 1.27. The third-order valence-electron chi connectivity index (χ3n) is 4.57. The SMILES string of the molecule is CC(=O)c1cccc(S(=O)(=O)N2CCN(Cc3nc(C(C)C)no3)CC2)c1. The molecule has 1 aliphatic heterocycles. The van der Waals surface area contributed by atoms with Gasteiger partial charge >= 0.3 is 0 Å². The smallest absolute Gasteiger partial charge is 0.243 e. The number of carbonyl (C=O) groups excluding carboxylic acids is 1. The summed E-state index contributed by atoms with van der Waals surface area (Å²) < 4.78 is 32.4. The van der Waals surface area contributed by atoms with Gasteiger partial charge in [0.05, 0.1) is 11.4 Å². The van der Waals surface area contributed by atoms with Crippen LogP contribution in [0.15, 0.2) is 33.7 Å². The molecule has 146 valence electrons. The second-order valence-corrected chi connectivity index (χ2v) is 8.90. The van der Waals surface area contributed by atoms with Gasteiger partial charge in [-0.3, -0.25) is 9.69 Å². The molecule has 0 atom stereocenters. The van der Waals surface area contributed by atoms with Crippen LogP contribution in [-0.4, -0.2) is 59.7 Å². The van der Waals surface area contributed by atoms with Gasteiger partial charge in [0.2, 0.25) is 15.9 Å². The first-order chi connectivity index (χ1) is 12.8. The Labute approximate surface area is 159 Å². The van der Waals surface area contributed by atoms with Gasteiger partial charge in [0, 0.05) is 37.7 Å². The van der Waals surface area contributed by atoms with Crippen molar-refractivity contribution in [2.45, 2.75) is 38.1 Å². The van der Waals surface area contributed by atoms with Crippen molar-refractivity contribution in [3.63, 3.8) is 0 Å². The molecular weight excluding hydrogens is 368 g/mol. The van der Waals surface area contributed by atoms with Crippen LogP contribution in [0.4, 0.5) is 0 Å². The summed E-state index contributed by atoms with van der Waals surface area (Å²) in [6.07, 6.45) is 0. The molecule has 8 nitrogen and oxygen atoms in total. The molecule has 0 saturated carbocycles. The number of hydrogen-bond acceptors (Lipinski definition) is 7. The number of piperazine rings is 1. The van der Waals surface area contributed by atoms with E-state index in [0.29, 0.717) is 50.0 Å². The zero-order valence-corrected chi connectivity index (χ0v) is 16.6. The Balaban J connectivity index is 1.64. The van der Waals surface area contributed by atoms with Crippen LogP contribution in [0.3, 0.4) is 0 Å². The third-order valence-corrected chi connectivity index (χ3v) is 6.46. The van der Waals surface area contributed by atoms with Crippen LogP contribution in [0.5, 0.6) is 0 Å². The Morgan fingerprint density at radius 1 is 1.22 bits per heavy atom. The van der Waals surface area contributed by atoms with Gasteiger partial charge in [0.1, 0.15) is 0 Å². The number of sulfonamides is 1. The largest absolute Gasteiger partial charge is 0.338 e. The Hall–Kier alpha value is -2.10. The fraction of sp³-hybridized carbons (Fsp3) is 0.500. The van der Waals surface area contributed by atoms with Crippen LogP contribution in [-0.2, 0) is 16.6 Å². The van der Waals surface area contributed by atoms with E-state index in [-0.39, 0.29) is 16.6 Å². The van der Waals surface area contributed by atoms with Gasteiger partial charge in [0.25, 0.3) is 0 Å². The van der Waals surface area contributed by atoms with E-state index in [4.69, 9.17) is 4.52 Å². The fourth-order valence-corrected chi connectivity index (χ4v) is 4.38. The van der Waals surface area contributed by atoms with Gasteiger partial charge in [-0.05, 0) is 19.1 Å². The predicted octanol–water partition coefficient (Wildman–Crippen LogP) is 1.90. The number of benzene rings is 1. The van der Waals surface area contributed by atoms with E-state index in [1.165, 1.54) is 23.4 Å². The van der Waals surface area contributed by atoms with Crippen molar-refractivity contribution in [1.29, 1.82) is 0 Å². The Morgan fingerprint density at radius 2 is 1.93 bits per heavy atom. The maximum Gasteiger partial charge on any atom is 0.243 e. The second-order valence-electron chi connectivity index (χ2n) is 6.97. The normalized spacial score (nSPS) is 16.7. The molecular formula is C18H24N4O4S. The summed E-state index contributed by atoms with van der Waals surface area (Å²) in [7, 11) is -3.62. The molecule has 0 radical (unpaired) electrons. The lowest BCUT2D eigenvalue weighted by Gasteiger charge is -2.33. The van der Waals surface area contributed by atoms with E-state index >= 15 is 0 Å². The van der Waals surface area contributed by atoms with E-state index in [2.05, 4.69) is 15.0 Å². The molecule has 0 bridgehead atoms. The molecule has 2 heterocycles. The zero-order valence-electron chi connectivity index (χ0n) is 15.8. The topological polar surface area (TPSA) is 96.6 Å². The van der Waals surface area contributed by atoms with E-state index in [1.807, 2.05) is 13.8 Å². The zero-order chi connectivity index (χ0) is 19.6. The summed E-state index contributed by atoms with van der Waals surface area (Å²) in [5, 5.41) is 3.95. The van der Waals surface area contributed by atoms with Crippen molar-refractivity contribution in [2.75, 3.05) is 26.2 Å². The first-order valence-electron chi connectivity index (χ1n) is 8.93. The van der Waals surface area contributed by atoms with Gasteiger partial charge < -0.3 is 4.52 Å². The second kappa shape index (κ2) is 7.87. The van der Waals surface area contributed by atoms with Crippen LogP contribution in [0.1, 0.15) is 48.8 Å². The average molecular weight is 392 g/mol. The molecule has 0 aliphatic carbocycles. The quantitative estimate of drug-likeness (QED) is 0.693. The highest BCUT2D eigenvalue weighted by atomic mass is 32.2. The Morgan fingerprint density at radius 3 is 2.52 bits per heavy atom. The van der Waals surface area contributed by atoms with Gasteiger partial charge in [-0.15, -0.1) is 0 Å². The van der Waals surface area contributed by atoms with E-state index in [1.54, 1.807) is 12.1 Å². The molecule has 9 heteroatoms. The van der Waals surface area contributed by atoms with Crippen LogP contribution in [0, 0.1) is 0 Å². The Kier molecular flexibility index (Phi) is 5.73. The molecule has 0 spiro atoms. The predicted molar refractivity (Wildman–Crippen MR) is 98.9 cm³/mol. The highest BCUT2D eigenvalue weighted by Crippen LogP contribution is 2.20. The van der Waals surface area contributed by atoms with Crippen molar-refractivity contribution in [2.24, 2.45) is 0 Å². The standard InChI is InChI=1S/C18H24N4O4S/c1-13(2)18-19-17(26-20-18)12-21-7-9-22(10-8-21)27(24,25)16-6-4-5-15(11-16)14(3)23/h4-6,11,13H,7-10,12H2,1-3H3. The minimum atomic E-state index is -3.62. The number of ketones is 1. The number of Topliss-reactive ketones (excluding diaryl/α,β-unsaturated/α-hetero) is 1. The van der Waals surface area contributed by atoms with E-state index < -0.39 is 10.0 Å². The van der Waals surface area contributed by atoms with E-state index in [9.17, 15) is 13.2 Å². The van der Waals surface area contributed by atoms with Crippen molar-refractivity contribution in [1.82, 2.24) is 19.3 Å². The molecule has 2 aromatic rings. The van der Waals surface area contributed by atoms with Crippen molar-refractivity contribution < 1.29 is 17.7 Å². The maximum absolute atomic E-state index is 12.9. The summed E-state index contributed by atoms with van der Waals surface area (Å²) in [4.78, 5) is 18.1. The van der Waals surface area contributed by atoms with Crippen LogP contribution < -0.4 is 0 Å².